The Labute approximate surface area is 134 Å². The lowest BCUT2D eigenvalue weighted by molar-refractivity contribution is 0.0937. The molecule has 1 fully saturated rings. The molecule has 0 aliphatic carbocycles. The summed E-state index contributed by atoms with van der Waals surface area (Å²) in [4.78, 5) is 12.1. The number of H-pyrrole nitrogens is 1. The zero-order valence-corrected chi connectivity index (χ0v) is 13.2. The predicted molar refractivity (Wildman–Crippen MR) is 85.8 cm³/mol. The standard InChI is InChI=1S/C16H20N4O3/c1-22-14-4-3-11(5-15(14)23-2)12-6-13(20-19-12)16(21)18-9-10-7-17-8-10/h3-6,10,17H,7-9H2,1-2H3,(H,18,21)(H,19,20). The van der Waals surface area contributed by atoms with Crippen molar-refractivity contribution in [2.45, 2.75) is 0 Å². The number of carbonyl (C=O) groups excluding carboxylic acids is 1. The molecule has 1 aromatic heterocycles. The normalized spacial score (nSPS) is 14.2. The summed E-state index contributed by atoms with van der Waals surface area (Å²) in [5.74, 6) is 1.65. The Morgan fingerprint density at radius 2 is 2.04 bits per heavy atom. The largest absolute Gasteiger partial charge is 0.493 e. The van der Waals surface area contributed by atoms with Gasteiger partial charge < -0.3 is 20.1 Å². The Kier molecular flexibility index (Phi) is 4.47. The van der Waals surface area contributed by atoms with Crippen molar-refractivity contribution >= 4 is 5.91 Å². The van der Waals surface area contributed by atoms with Gasteiger partial charge in [-0.1, -0.05) is 0 Å². The first-order chi connectivity index (χ1) is 11.2. The molecule has 2 aromatic rings. The van der Waals surface area contributed by atoms with Crippen molar-refractivity contribution in [2.24, 2.45) is 5.92 Å². The van der Waals surface area contributed by atoms with Gasteiger partial charge in [0.1, 0.15) is 5.69 Å². The first-order valence-electron chi connectivity index (χ1n) is 7.48. The van der Waals surface area contributed by atoms with Crippen molar-refractivity contribution in [1.29, 1.82) is 0 Å². The Hall–Kier alpha value is -2.54. The number of nitrogens with one attached hydrogen (secondary N) is 3. The van der Waals surface area contributed by atoms with Crippen molar-refractivity contribution < 1.29 is 14.3 Å². The molecule has 1 aliphatic heterocycles. The first kappa shape index (κ1) is 15.4. The van der Waals surface area contributed by atoms with Crippen LogP contribution in [0.1, 0.15) is 10.5 Å². The monoisotopic (exact) mass is 316 g/mol. The van der Waals surface area contributed by atoms with E-state index < -0.39 is 0 Å². The van der Waals surface area contributed by atoms with Crippen LogP contribution in [-0.4, -0.2) is 50.0 Å². The van der Waals surface area contributed by atoms with Crippen LogP contribution < -0.4 is 20.1 Å². The van der Waals surface area contributed by atoms with Gasteiger partial charge in [-0.05, 0) is 24.3 Å². The van der Waals surface area contributed by atoms with Crippen molar-refractivity contribution in [3.8, 4) is 22.8 Å². The number of rotatable bonds is 6. The number of aromatic nitrogens is 2. The van der Waals surface area contributed by atoms with Gasteiger partial charge in [-0.15, -0.1) is 0 Å². The second-order valence-corrected chi connectivity index (χ2v) is 5.47. The molecule has 1 saturated heterocycles. The highest BCUT2D eigenvalue weighted by atomic mass is 16.5. The van der Waals surface area contributed by atoms with Crippen LogP contribution in [0.25, 0.3) is 11.3 Å². The zero-order chi connectivity index (χ0) is 16.2. The lowest BCUT2D eigenvalue weighted by Gasteiger charge is -2.26. The van der Waals surface area contributed by atoms with Gasteiger partial charge >= 0.3 is 0 Å². The SMILES string of the molecule is COc1ccc(-c2cc(C(=O)NCC3CNC3)[nH]n2)cc1OC. The second kappa shape index (κ2) is 6.70. The molecular formula is C16H20N4O3. The minimum absolute atomic E-state index is 0.142. The zero-order valence-electron chi connectivity index (χ0n) is 13.2. The molecule has 7 heteroatoms. The molecule has 3 rings (SSSR count). The fourth-order valence-electron chi connectivity index (χ4n) is 2.41. The topological polar surface area (TPSA) is 88.3 Å². The number of nitrogens with zero attached hydrogens (tertiary/aromatic N) is 1. The molecule has 1 aromatic carbocycles. The molecule has 122 valence electrons. The average Bonchev–Trinajstić information content (AvgIpc) is 3.02. The maximum atomic E-state index is 12.1. The fraction of sp³-hybridized carbons (Fsp3) is 0.375. The number of carbonyl (C=O) groups is 1. The molecule has 7 nitrogen and oxygen atoms in total. The van der Waals surface area contributed by atoms with Crippen LogP contribution in [0.2, 0.25) is 0 Å². The van der Waals surface area contributed by atoms with Crippen molar-refractivity contribution in [2.75, 3.05) is 33.9 Å². The van der Waals surface area contributed by atoms with Crippen LogP contribution in [0.5, 0.6) is 11.5 Å². The number of hydrogen-bond donors (Lipinski definition) is 3. The third-order valence-electron chi connectivity index (χ3n) is 3.92. The summed E-state index contributed by atoms with van der Waals surface area (Å²) in [7, 11) is 3.17. The number of amides is 1. The van der Waals surface area contributed by atoms with Gasteiger partial charge in [0.05, 0.1) is 19.9 Å². The summed E-state index contributed by atoms with van der Waals surface area (Å²) < 4.78 is 10.5. The summed E-state index contributed by atoms with van der Waals surface area (Å²) in [6.45, 7) is 2.59. The third kappa shape index (κ3) is 3.29. The molecule has 1 amide bonds. The fourth-order valence-corrected chi connectivity index (χ4v) is 2.41. The molecule has 0 spiro atoms. The van der Waals surface area contributed by atoms with Gasteiger partial charge in [-0.25, -0.2) is 0 Å². The first-order valence-corrected chi connectivity index (χ1v) is 7.48. The van der Waals surface area contributed by atoms with Gasteiger partial charge in [-0.3, -0.25) is 9.89 Å². The molecule has 0 atom stereocenters. The molecule has 0 saturated carbocycles. The van der Waals surface area contributed by atoms with E-state index in [0.29, 0.717) is 35.3 Å². The Bertz CT molecular complexity index is 694. The minimum Gasteiger partial charge on any atom is -0.493 e. The van der Waals surface area contributed by atoms with Gasteiger partial charge in [-0.2, -0.15) is 5.10 Å². The molecule has 23 heavy (non-hydrogen) atoms. The van der Waals surface area contributed by atoms with Gasteiger partial charge in [0.15, 0.2) is 11.5 Å². The highest BCUT2D eigenvalue weighted by molar-refractivity contribution is 5.93. The van der Waals surface area contributed by atoms with E-state index in [1.165, 1.54) is 0 Å². The lowest BCUT2D eigenvalue weighted by atomic mass is 10.0. The molecule has 0 unspecified atom stereocenters. The van der Waals surface area contributed by atoms with E-state index in [1.807, 2.05) is 18.2 Å². The molecule has 1 aliphatic rings. The van der Waals surface area contributed by atoms with Crippen molar-refractivity contribution in [3.63, 3.8) is 0 Å². The van der Waals surface area contributed by atoms with E-state index in [0.717, 1.165) is 18.7 Å². The summed E-state index contributed by atoms with van der Waals surface area (Å²) in [6, 6.07) is 7.25. The van der Waals surface area contributed by atoms with E-state index in [-0.39, 0.29) is 5.91 Å². The highest BCUT2D eigenvalue weighted by Gasteiger charge is 2.18. The van der Waals surface area contributed by atoms with E-state index >= 15 is 0 Å². The number of methoxy groups -OCH3 is 2. The molecule has 3 N–H and O–H groups in total. The van der Waals surface area contributed by atoms with Crippen LogP contribution in [0.4, 0.5) is 0 Å². The number of aromatic amines is 1. The smallest absolute Gasteiger partial charge is 0.269 e. The van der Waals surface area contributed by atoms with E-state index in [1.54, 1.807) is 20.3 Å². The van der Waals surface area contributed by atoms with Crippen molar-refractivity contribution in [1.82, 2.24) is 20.8 Å². The van der Waals surface area contributed by atoms with Gasteiger partial charge in [0, 0.05) is 31.1 Å². The maximum Gasteiger partial charge on any atom is 0.269 e. The maximum absolute atomic E-state index is 12.1. The number of hydrogen-bond acceptors (Lipinski definition) is 5. The molecular weight excluding hydrogens is 296 g/mol. The van der Waals surface area contributed by atoms with Crippen LogP contribution in [0, 0.1) is 5.92 Å². The Morgan fingerprint density at radius 3 is 2.70 bits per heavy atom. The van der Waals surface area contributed by atoms with Crippen LogP contribution in [0.3, 0.4) is 0 Å². The van der Waals surface area contributed by atoms with E-state index in [2.05, 4.69) is 20.8 Å². The number of ether oxygens (including phenoxy) is 2. The van der Waals surface area contributed by atoms with E-state index in [4.69, 9.17) is 9.47 Å². The highest BCUT2D eigenvalue weighted by Crippen LogP contribution is 2.31. The molecule has 0 radical (unpaired) electrons. The summed E-state index contributed by atoms with van der Waals surface area (Å²) in [5, 5.41) is 13.1. The Balaban J connectivity index is 1.71. The van der Waals surface area contributed by atoms with Crippen molar-refractivity contribution in [3.05, 3.63) is 30.0 Å². The molecule has 0 bridgehead atoms. The quantitative estimate of drug-likeness (QED) is 0.741. The van der Waals surface area contributed by atoms with Crippen LogP contribution in [-0.2, 0) is 0 Å². The molecule has 2 heterocycles. The summed E-state index contributed by atoms with van der Waals surface area (Å²) in [6.07, 6.45) is 0. The average molecular weight is 316 g/mol. The van der Waals surface area contributed by atoms with Gasteiger partial charge in [0.25, 0.3) is 5.91 Å². The lowest BCUT2D eigenvalue weighted by Crippen LogP contribution is -2.48. The second-order valence-electron chi connectivity index (χ2n) is 5.47. The van der Waals surface area contributed by atoms with Crippen LogP contribution >= 0.6 is 0 Å². The minimum atomic E-state index is -0.142. The number of benzene rings is 1. The Morgan fingerprint density at radius 1 is 1.26 bits per heavy atom. The predicted octanol–water partition coefficient (Wildman–Crippen LogP) is 1.04. The van der Waals surface area contributed by atoms with E-state index in [9.17, 15) is 4.79 Å². The summed E-state index contributed by atoms with van der Waals surface area (Å²) in [5.41, 5.74) is 1.98. The third-order valence-corrected chi connectivity index (χ3v) is 3.92. The summed E-state index contributed by atoms with van der Waals surface area (Å²) >= 11 is 0. The van der Waals surface area contributed by atoms with Gasteiger partial charge in [0.2, 0.25) is 0 Å². The van der Waals surface area contributed by atoms with Crippen LogP contribution in [0.15, 0.2) is 24.3 Å².